The number of nitrogens with zero attached hydrogens (tertiary/aromatic N) is 2. The molecule has 0 aliphatic carbocycles. The van der Waals surface area contributed by atoms with Crippen molar-refractivity contribution in [3.63, 3.8) is 0 Å². The second kappa shape index (κ2) is 5.59. The summed E-state index contributed by atoms with van der Waals surface area (Å²) in [6.07, 6.45) is 6.15. The second-order valence-electron chi connectivity index (χ2n) is 5.75. The van der Waals surface area contributed by atoms with Crippen molar-refractivity contribution < 1.29 is 22.6 Å². The molecule has 1 aromatic carbocycles. The minimum Gasteiger partial charge on any atom is -0.493 e. The van der Waals surface area contributed by atoms with E-state index in [1.165, 1.54) is 12.4 Å². The predicted molar refractivity (Wildman–Crippen MR) is 96.5 cm³/mol. The fourth-order valence-electron chi connectivity index (χ4n) is 3.34. The van der Waals surface area contributed by atoms with E-state index in [1.54, 1.807) is 50.6 Å². The second-order valence-corrected chi connectivity index (χ2v) is 6.61. The van der Waals surface area contributed by atoms with Gasteiger partial charge in [0, 0.05) is 27.9 Å². The molecule has 0 unspecified atom stereocenters. The zero-order valence-corrected chi connectivity index (χ0v) is 15.1. The fourth-order valence-corrected chi connectivity index (χ4v) is 3.86. The van der Waals surface area contributed by atoms with Crippen molar-refractivity contribution >= 4 is 34.7 Å². The molecule has 2 aliphatic rings. The van der Waals surface area contributed by atoms with E-state index in [2.05, 4.69) is 15.9 Å². The number of halogens is 3. The van der Waals surface area contributed by atoms with Crippen molar-refractivity contribution in [3.05, 3.63) is 64.0 Å². The average molecular weight is 407 g/mol. The van der Waals surface area contributed by atoms with E-state index >= 15 is 0 Å². The Morgan fingerprint density at radius 3 is 2.60 bits per heavy atom. The van der Waals surface area contributed by atoms with E-state index in [4.69, 9.17) is 9.47 Å². The van der Waals surface area contributed by atoms with Crippen LogP contribution in [0.4, 0.5) is 8.63 Å². The molecular formula is C17H14BBrF2N2O2. The highest BCUT2D eigenvalue weighted by Crippen LogP contribution is 2.43. The summed E-state index contributed by atoms with van der Waals surface area (Å²) in [6, 6.07) is 6.90. The number of methoxy groups -OCH3 is 2. The van der Waals surface area contributed by atoms with Gasteiger partial charge in [-0.25, -0.2) is 0 Å². The SMILES string of the molecule is COc1cc(Br)c(C2=C3C=CC=[N+]3[B-](F)(F)n3cccc32)cc1OC. The van der Waals surface area contributed by atoms with Gasteiger partial charge in [0.25, 0.3) is 0 Å². The van der Waals surface area contributed by atoms with Crippen LogP contribution < -0.4 is 9.47 Å². The molecule has 1 aromatic heterocycles. The summed E-state index contributed by atoms with van der Waals surface area (Å²) >= 11 is 3.54. The molecule has 0 bridgehead atoms. The van der Waals surface area contributed by atoms with Gasteiger partial charge < -0.3 is 27.1 Å². The van der Waals surface area contributed by atoms with Gasteiger partial charge in [-0.3, -0.25) is 0 Å². The van der Waals surface area contributed by atoms with Gasteiger partial charge in [-0.15, -0.1) is 0 Å². The van der Waals surface area contributed by atoms with Crippen LogP contribution in [0.5, 0.6) is 11.5 Å². The van der Waals surface area contributed by atoms with Crippen LogP contribution in [-0.4, -0.2) is 36.4 Å². The monoisotopic (exact) mass is 406 g/mol. The minimum atomic E-state index is -3.91. The Kier molecular flexibility index (Phi) is 3.61. The normalized spacial score (nSPS) is 17.2. The standard InChI is InChI=1S/C17H14BBrF2N2O2/c1-24-15-9-11(12(19)10-16(15)25-2)17-13-5-3-7-22(13)18(20,21)23-8-4-6-14(17)23/h3-10H,1-2H3. The lowest BCUT2D eigenvalue weighted by Crippen LogP contribution is -2.49. The summed E-state index contributed by atoms with van der Waals surface area (Å²) in [5, 5.41) is 0. The molecule has 2 aromatic rings. The van der Waals surface area contributed by atoms with Crippen LogP contribution in [0.15, 0.2) is 52.8 Å². The molecule has 128 valence electrons. The maximum atomic E-state index is 14.8. The maximum absolute atomic E-state index is 14.8. The Balaban J connectivity index is 2.03. The van der Waals surface area contributed by atoms with Gasteiger partial charge in [0.1, 0.15) is 6.21 Å². The number of allylic oxidation sites excluding steroid dienone is 2. The molecule has 0 saturated carbocycles. The zero-order valence-electron chi connectivity index (χ0n) is 13.5. The van der Waals surface area contributed by atoms with Crippen molar-refractivity contribution in [1.82, 2.24) is 4.48 Å². The largest absolute Gasteiger partial charge is 0.737 e. The average Bonchev–Trinajstić information content (AvgIpc) is 3.26. The van der Waals surface area contributed by atoms with E-state index in [0.717, 1.165) is 19.0 Å². The summed E-state index contributed by atoms with van der Waals surface area (Å²) < 4.78 is 43.2. The number of ether oxygens (including phenoxy) is 2. The van der Waals surface area contributed by atoms with Crippen LogP contribution in [0.25, 0.3) is 5.57 Å². The third-order valence-electron chi connectivity index (χ3n) is 4.48. The quantitative estimate of drug-likeness (QED) is 0.722. The minimum absolute atomic E-state index is 0.462. The maximum Gasteiger partial charge on any atom is 0.737 e. The van der Waals surface area contributed by atoms with Crippen molar-refractivity contribution in [3.8, 4) is 11.5 Å². The zero-order chi connectivity index (χ0) is 17.8. The van der Waals surface area contributed by atoms with E-state index in [-0.39, 0.29) is 0 Å². The Bertz CT molecular complexity index is 979. The molecule has 4 rings (SSSR count). The van der Waals surface area contributed by atoms with Gasteiger partial charge in [-0.05, 0) is 30.5 Å². The number of hydrogen-bond donors (Lipinski definition) is 0. The van der Waals surface area contributed by atoms with Gasteiger partial charge >= 0.3 is 6.97 Å². The van der Waals surface area contributed by atoms with E-state index in [9.17, 15) is 8.63 Å². The van der Waals surface area contributed by atoms with Gasteiger partial charge in [0.2, 0.25) is 0 Å². The highest BCUT2D eigenvalue weighted by Gasteiger charge is 2.51. The van der Waals surface area contributed by atoms with Crippen molar-refractivity contribution in [1.29, 1.82) is 0 Å². The number of benzene rings is 1. The lowest BCUT2D eigenvalue weighted by molar-refractivity contribution is -0.356. The summed E-state index contributed by atoms with van der Waals surface area (Å²) in [5.41, 5.74) is 2.38. The van der Waals surface area contributed by atoms with Crippen molar-refractivity contribution in [2.24, 2.45) is 0 Å². The molecule has 3 heterocycles. The van der Waals surface area contributed by atoms with Crippen LogP contribution in [-0.2, 0) is 0 Å². The van der Waals surface area contributed by atoms with Crippen LogP contribution in [0.3, 0.4) is 0 Å². The van der Waals surface area contributed by atoms with Crippen molar-refractivity contribution in [2.45, 2.75) is 0 Å². The first-order valence-corrected chi connectivity index (χ1v) is 8.44. The van der Waals surface area contributed by atoms with Gasteiger partial charge in [-0.1, -0.05) is 15.9 Å². The smallest absolute Gasteiger partial charge is 0.493 e. The van der Waals surface area contributed by atoms with Gasteiger partial charge in [-0.2, -0.15) is 0 Å². The summed E-state index contributed by atoms with van der Waals surface area (Å²) in [6.45, 7) is -3.91. The highest BCUT2D eigenvalue weighted by atomic mass is 79.9. The van der Waals surface area contributed by atoms with E-state index < -0.39 is 6.97 Å². The Morgan fingerprint density at radius 2 is 1.88 bits per heavy atom. The molecule has 0 atom stereocenters. The molecular weight excluding hydrogens is 393 g/mol. The lowest BCUT2D eigenvalue weighted by Gasteiger charge is -2.31. The number of rotatable bonds is 3. The third kappa shape index (κ3) is 2.20. The number of hydrogen-bond acceptors (Lipinski definition) is 2. The Hall–Kier alpha value is -2.35. The Morgan fingerprint density at radius 1 is 1.16 bits per heavy atom. The van der Waals surface area contributed by atoms with Crippen LogP contribution in [0.2, 0.25) is 0 Å². The molecule has 0 fully saturated rings. The molecule has 8 heteroatoms. The van der Waals surface area contributed by atoms with Crippen LogP contribution in [0, 0.1) is 0 Å². The highest BCUT2D eigenvalue weighted by molar-refractivity contribution is 9.10. The molecule has 25 heavy (non-hydrogen) atoms. The first-order valence-electron chi connectivity index (χ1n) is 7.65. The molecule has 0 N–H and O–H groups in total. The number of aromatic nitrogens is 1. The molecule has 2 aliphatic heterocycles. The fraction of sp³-hybridized carbons (Fsp3) is 0.118. The lowest BCUT2D eigenvalue weighted by atomic mass is 9.86. The molecule has 0 saturated heterocycles. The first-order chi connectivity index (χ1) is 12.0. The van der Waals surface area contributed by atoms with Crippen LogP contribution in [0.1, 0.15) is 11.3 Å². The van der Waals surface area contributed by atoms with E-state index in [1.807, 2.05) is 0 Å². The third-order valence-corrected chi connectivity index (χ3v) is 5.14. The number of fused-ring (bicyclic) bond motifs is 2. The first kappa shape index (κ1) is 16.1. The van der Waals surface area contributed by atoms with Crippen molar-refractivity contribution in [2.75, 3.05) is 14.2 Å². The van der Waals surface area contributed by atoms with Crippen LogP contribution >= 0.6 is 15.9 Å². The molecule has 0 amide bonds. The molecule has 0 radical (unpaired) electrons. The van der Waals surface area contributed by atoms with Gasteiger partial charge in [0.15, 0.2) is 17.2 Å². The summed E-state index contributed by atoms with van der Waals surface area (Å²) in [7, 11) is 3.10. The predicted octanol–water partition coefficient (Wildman–Crippen LogP) is 3.92. The van der Waals surface area contributed by atoms with E-state index in [0.29, 0.717) is 28.5 Å². The summed E-state index contributed by atoms with van der Waals surface area (Å²) in [4.78, 5) is 0. The topological polar surface area (TPSA) is 26.4 Å². The molecule has 0 spiro atoms. The summed E-state index contributed by atoms with van der Waals surface area (Å²) in [5.74, 6) is 1.10. The Labute approximate surface area is 151 Å². The molecule has 4 nitrogen and oxygen atoms in total. The van der Waals surface area contributed by atoms with Gasteiger partial charge in [0.05, 0.1) is 19.8 Å².